The van der Waals surface area contributed by atoms with Crippen LogP contribution in [0.4, 0.5) is 0 Å². The van der Waals surface area contributed by atoms with Crippen LogP contribution in [0.15, 0.2) is 0 Å². The van der Waals surface area contributed by atoms with E-state index in [1.54, 1.807) is 6.07 Å². The molecule has 0 saturated carbocycles. The molecule has 1 amide bonds. The summed E-state index contributed by atoms with van der Waals surface area (Å²) < 4.78 is 16.0. The molecule has 9 heteroatoms. The lowest BCUT2D eigenvalue weighted by atomic mass is 9.84. The molecule has 0 aromatic rings. The van der Waals surface area contributed by atoms with Crippen LogP contribution in [0.3, 0.4) is 0 Å². The van der Waals surface area contributed by atoms with E-state index < -0.39 is 34.1 Å². The fourth-order valence-electron chi connectivity index (χ4n) is 1.73. The normalized spacial score (nSPS) is 28.6. The van der Waals surface area contributed by atoms with Gasteiger partial charge in [-0.15, -0.1) is 0 Å². The van der Waals surface area contributed by atoms with Crippen LogP contribution < -0.4 is 10.6 Å². The van der Waals surface area contributed by atoms with Gasteiger partial charge in [0, 0.05) is 17.1 Å². The average molecular weight is 289 g/mol. The molecule has 0 aromatic carbocycles. The first kappa shape index (κ1) is 14.5. The van der Waals surface area contributed by atoms with Crippen LogP contribution >= 0.6 is 12.2 Å². The highest BCUT2D eigenvalue weighted by Crippen LogP contribution is 2.24. The van der Waals surface area contributed by atoms with Gasteiger partial charge in [0.15, 0.2) is 16.6 Å². The van der Waals surface area contributed by atoms with E-state index in [2.05, 4.69) is 15.4 Å². The Kier molecular flexibility index (Phi) is 4.37. The number of hydrogen-bond donors (Lipinski definition) is 2. The highest BCUT2D eigenvalue weighted by Gasteiger charge is 2.55. The van der Waals surface area contributed by atoms with Crippen LogP contribution in [0.2, 0.25) is 0 Å². The standard InChI is InChI=1S/C9H11N3O4S2/c1-16-7(14)9(4-18(2)15)5(3-10)6(13)11-8(17)12-9/h5H,4H2,1-2H3,(H2,11,12,13,17)/t5-,9-,18-/m0/s1. The minimum absolute atomic E-state index is 0.0950. The zero-order chi connectivity index (χ0) is 13.9. The van der Waals surface area contributed by atoms with Gasteiger partial charge in [0.25, 0.3) is 0 Å². The molecule has 0 bridgehead atoms. The summed E-state index contributed by atoms with van der Waals surface area (Å²) in [6, 6.07) is 1.72. The molecular formula is C9H11N3O4S2. The first-order chi connectivity index (χ1) is 8.37. The van der Waals surface area contributed by atoms with E-state index in [1.165, 1.54) is 6.26 Å². The second kappa shape index (κ2) is 5.41. The van der Waals surface area contributed by atoms with Crippen LogP contribution in [0, 0.1) is 17.2 Å². The van der Waals surface area contributed by atoms with Gasteiger partial charge in [-0.2, -0.15) is 5.26 Å². The van der Waals surface area contributed by atoms with Crippen molar-refractivity contribution in [3.05, 3.63) is 0 Å². The molecule has 2 N–H and O–H groups in total. The predicted molar refractivity (Wildman–Crippen MR) is 66.7 cm³/mol. The Morgan fingerprint density at radius 3 is 2.78 bits per heavy atom. The molecule has 18 heavy (non-hydrogen) atoms. The third-order valence-electron chi connectivity index (χ3n) is 2.44. The second-order valence-electron chi connectivity index (χ2n) is 3.69. The van der Waals surface area contributed by atoms with E-state index in [1.807, 2.05) is 0 Å². The quantitative estimate of drug-likeness (QED) is 0.477. The number of methoxy groups -OCH3 is 1. The Labute approximate surface area is 111 Å². The van der Waals surface area contributed by atoms with Crippen LogP contribution in [0.25, 0.3) is 0 Å². The molecule has 3 atom stereocenters. The molecule has 0 unspecified atom stereocenters. The average Bonchev–Trinajstić information content (AvgIpc) is 2.26. The van der Waals surface area contributed by atoms with E-state index in [9.17, 15) is 13.8 Å². The maximum atomic E-state index is 11.9. The minimum Gasteiger partial charge on any atom is -0.467 e. The fourth-order valence-corrected chi connectivity index (χ4v) is 3.01. The summed E-state index contributed by atoms with van der Waals surface area (Å²) in [5.74, 6) is -3.16. The van der Waals surface area contributed by atoms with Gasteiger partial charge in [-0.3, -0.25) is 9.00 Å². The lowest BCUT2D eigenvalue weighted by molar-refractivity contribution is -0.151. The molecule has 1 aliphatic rings. The maximum absolute atomic E-state index is 11.9. The van der Waals surface area contributed by atoms with Gasteiger partial charge in [-0.1, -0.05) is 0 Å². The van der Waals surface area contributed by atoms with Crippen molar-refractivity contribution in [3.63, 3.8) is 0 Å². The third kappa shape index (κ3) is 2.49. The monoisotopic (exact) mass is 289 g/mol. The summed E-state index contributed by atoms with van der Waals surface area (Å²) in [7, 11) is -0.311. The smallest absolute Gasteiger partial charge is 0.334 e. The maximum Gasteiger partial charge on any atom is 0.334 e. The highest BCUT2D eigenvalue weighted by molar-refractivity contribution is 7.84. The summed E-state index contributed by atoms with van der Waals surface area (Å²) in [5, 5.41) is 13.7. The molecule has 0 aromatic heterocycles. The van der Waals surface area contributed by atoms with Crippen LogP contribution in [-0.2, 0) is 25.1 Å². The predicted octanol–water partition coefficient (Wildman–Crippen LogP) is -1.58. The first-order valence-electron chi connectivity index (χ1n) is 4.78. The number of amides is 1. The molecule has 0 radical (unpaired) electrons. The van der Waals surface area contributed by atoms with E-state index in [4.69, 9.17) is 17.5 Å². The molecule has 7 nitrogen and oxygen atoms in total. The van der Waals surface area contributed by atoms with Crippen LogP contribution in [0.1, 0.15) is 0 Å². The van der Waals surface area contributed by atoms with Gasteiger partial charge in [0.05, 0.1) is 18.9 Å². The van der Waals surface area contributed by atoms with E-state index in [0.29, 0.717) is 0 Å². The SMILES string of the molecule is COC(=O)[C@@]1(C[S@](C)=O)NC(=S)NC(=O)[C@@H]1C#N. The molecular weight excluding hydrogens is 278 g/mol. The lowest BCUT2D eigenvalue weighted by Crippen LogP contribution is -2.71. The van der Waals surface area contributed by atoms with Crippen molar-refractivity contribution < 1.29 is 18.5 Å². The fraction of sp³-hybridized carbons (Fsp3) is 0.556. The van der Waals surface area contributed by atoms with Crippen molar-refractivity contribution in [1.82, 2.24) is 10.6 Å². The van der Waals surface area contributed by atoms with E-state index in [-0.39, 0.29) is 10.9 Å². The number of nitrogens with one attached hydrogen (secondary N) is 2. The van der Waals surface area contributed by atoms with E-state index >= 15 is 0 Å². The number of esters is 1. The lowest BCUT2D eigenvalue weighted by Gasteiger charge is -2.38. The topological polar surface area (TPSA) is 108 Å². The first-order valence-corrected chi connectivity index (χ1v) is 6.92. The van der Waals surface area contributed by atoms with Crippen molar-refractivity contribution in [1.29, 1.82) is 5.26 Å². The van der Waals surface area contributed by atoms with Gasteiger partial charge in [0.1, 0.15) is 0 Å². The van der Waals surface area contributed by atoms with Crippen LogP contribution in [-0.4, -0.2) is 45.9 Å². The number of carbonyl (C=O) groups excluding carboxylic acids is 2. The second-order valence-corrected chi connectivity index (χ2v) is 5.53. The molecule has 1 aliphatic heterocycles. The Hall–Kier alpha value is -1.53. The van der Waals surface area contributed by atoms with Gasteiger partial charge < -0.3 is 15.4 Å². The van der Waals surface area contributed by atoms with Crippen molar-refractivity contribution in [2.24, 2.45) is 5.92 Å². The van der Waals surface area contributed by atoms with Gasteiger partial charge >= 0.3 is 5.97 Å². The zero-order valence-electron chi connectivity index (χ0n) is 9.68. The number of rotatable bonds is 3. The number of nitrogens with zero attached hydrogens (tertiary/aromatic N) is 1. The van der Waals surface area contributed by atoms with Gasteiger partial charge in [-0.25, -0.2) is 4.79 Å². The Balaban J connectivity index is 3.31. The number of ether oxygens (including phenoxy) is 1. The summed E-state index contributed by atoms with van der Waals surface area (Å²) in [4.78, 5) is 23.6. The molecule has 1 heterocycles. The molecule has 98 valence electrons. The van der Waals surface area contributed by atoms with Crippen molar-refractivity contribution >= 4 is 40.0 Å². The van der Waals surface area contributed by atoms with Gasteiger partial charge in [0.2, 0.25) is 5.91 Å². The Morgan fingerprint density at radius 1 is 1.72 bits per heavy atom. The number of hydrogen-bond acceptors (Lipinski definition) is 6. The third-order valence-corrected chi connectivity index (χ3v) is 3.50. The number of thiocarbonyl (C=S) groups is 1. The van der Waals surface area contributed by atoms with Crippen molar-refractivity contribution in [3.8, 4) is 6.07 Å². The number of nitriles is 1. The van der Waals surface area contributed by atoms with Gasteiger partial charge in [-0.05, 0) is 12.2 Å². The molecule has 0 spiro atoms. The highest BCUT2D eigenvalue weighted by atomic mass is 32.2. The largest absolute Gasteiger partial charge is 0.467 e. The summed E-state index contributed by atoms with van der Waals surface area (Å²) >= 11 is 4.79. The number of carbonyl (C=O) groups is 2. The molecule has 1 saturated heterocycles. The zero-order valence-corrected chi connectivity index (χ0v) is 11.3. The van der Waals surface area contributed by atoms with Crippen molar-refractivity contribution in [2.45, 2.75) is 5.54 Å². The summed E-state index contributed by atoms with van der Waals surface area (Å²) in [5.41, 5.74) is -1.71. The van der Waals surface area contributed by atoms with Crippen molar-refractivity contribution in [2.75, 3.05) is 19.1 Å². The Bertz CT molecular complexity index is 469. The minimum atomic E-state index is -1.71. The Morgan fingerprint density at radius 2 is 2.33 bits per heavy atom. The summed E-state index contributed by atoms with van der Waals surface area (Å²) in [6.45, 7) is 0. The summed E-state index contributed by atoms with van der Waals surface area (Å²) in [6.07, 6.45) is 1.36. The molecule has 0 aliphatic carbocycles. The molecule has 1 rings (SSSR count). The molecule has 1 fully saturated rings. The van der Waals surface area contributed by atoms with E-state index in [0.717, 1.165) is 7.11 Å². The van der Waals surface area contributed by atoms with Crippen LogP contribution in [0.5, 0.6) is 0 Å².